The van der Waals surface area contributed by atoms with Gasteiger partial charge in [0.05, 0.1) is 12.1 Å². The predicted molar refractivity (Wildman–Crippen MR) is 90.1 cm³/mol. The van der Waals surface area contributed by atoms with Crippen LogP contribution in [0, 0.1) is 6.92 Å². The molecule has 0 radical (unpaired) electrons. The van der Waals surface area contributed by atoms with E-state index in [9.17, 15) is 9.90 Å². The van der Waals surface area contributed by atoms with Crippen molar-refractivity contribution in [2.45, 2.75) is 45.3 Å². The van der Waals surface area contributed by atoms with Gasteiger partial charge < -0.3 is 14.4 Å². The second-order valence-electron chi connectivity index (χ2n) is 6.15. The highest BCUT2D eigenvalue weighted by Gasteiger charge is 2.25. The summed E-state index contributed by atoms with van der Waals surface area (Å²) in [5.74, 6) is 1.68. The van der Waals surface area contributed by atoms with Gasteiger partial charge in [-0.1, -0.05) is 37.3 Å². The Morgan fingerprint density at radius 2 is 1.83 bits per heavy atom. The Bertz CT molecular complexity index is 635. The van der Waals surface area contributed by atoms with E-state index in [1.54, 1.807) is 11.9 Å². The van der Waals surface area contributed by atoms with Crippen LogP contribution in [0.25, 0.3) is 0 Å². The van der Waals surface area contributed by atoms with Gasteiger partial charge in [0.1, 0.15) is 11.5 Å². The highest BCUT2D eigenvalue weighted by molar-refractivity contribution is 5.77. The van der Waals surface area contributed by atoms with Crippen molar-refractivity contribution in [3.63, 3.8) is 0 Å². The monoisotopic (exact) mass is 315 g/mol. The standard InChI is InChI=1S/C19H25NO3/c1-13(17-11-10-14(2)23-17)12-18(21)20(4)15(3)19(22)16-8-6-5-7-9-16/h5-11,13,15,19,22H,12H2,1-4H3/t13-,15+,19-/m1/s1. The molecule has 0 unspecified atom stereocenters. The third-order valence-electron chi connectivity index (χ3n) is 4.33. The van der Waals surface area contributed by atoms with Crippen LogP contribution < -0.4 is 0 Å². The zero-order valence-corrected chi connectivity index (χ0v) is 14.2. The lowest BCUT2D eigenvalue weighted by atomic mass is 10.0. The summed E-state index contributed by atoms with van der Waals surface area (Å²) in [4.78, 5) is 14.1. The van der Waals surface area contributed by atoms with Gasteiger partial charge in [0.2, 0.25) is 5.91 Å². The molecular weight excluding hydrogens is 290 g/mol. The number of hydrogen-bond donors (Lipinski definition) is 1. The zero-order valence-electron chi connectivity index (χ0n) is 14.2. The Hall–Kier alpha value is -2.07. The van der Waals surface area contributed by atoms with Crippen molar-refractivity contribution in [1.82, 2.24) is 4.90 Å². The van der Waals surface area contributed by atoms with E-state index in [2.05, 4.69) is 0 Å². The predicted octanol–water partition coefficient (Wildman–Crippen LogP) is 3.66. The largest absolute Gasteiger partial charge is 0.466 e. The molecule has 0 bridgehead atoms. The van der Waals surface area contributed by atoms with Crippen LogP contribution in [0.2, 0.25) is 0 Å². The number of amides is 1. The van der Waals surface area contributed by atoms with E-state index < -0.39 is 6.10 Å². The van der Waals surface area contributed by atoms with E-state index in [-0.39, 0.29) is 17.9 Å². The van der Waals surface area contributed by atoms with Crippen LogP contribution in [0.4, 0.5) is 0 Å². The van der Waals surface area contributed by atoms with E-state index in [4.69, 9.17) is 4.42 Å². The minimum Gasteiger partial charge on any atom is -0.466 e. The molecule has 23 heavy (non-hydrogen) atoms. The first-order valence-corrected chi connectivity index (χ1v) is 7.95. The fraction of sp³-hybridized carbons (Fsp3) is 0.421. The first-order chi connectivity index (χ1) is 10.9. The molecule has 0 aliphatic heterocycles. The highest BCUT2D eigenvalue weighted by Crippen LogP contribution is 2.24. The molecule has 4 heteroatoms. The zero-order chi connectivity index (χ0) is 17.0. The first kappa shape index (κ1) is 17.3. The Balaban J connectivity index is 1.98. The van der Waals surface area contributed by atoms with Crippen molar-refractivity contribution in [3.05, 3.63) is 59.5 Å². The molecule has 0 aliphatic rings. The lowest BCUT2D eigenvalue weighted by Crippen LogP contribution is -2.39. The number of aliphatic hydroxyl groups is 1. The van der Waals surface area contributed by atoms with Crippen molar-refractivity contribution in [2.24, 2.45) is 0 Å². The fourth-order valence-electron chi connectivity index (χ4n) is 2.59. The summed E-state index contributed by atoms with van der Waals surface area (Å²) in [5, 5.41) is 10.5. The smallest absolute Gasteiger partial charge is 0.223 e. The number of carbonyl (C=O) groups is 1. The number of likely N-dealkylation sites (N-methyl/N-ethyl adjacent to an activating group) is 1. The van der Waals surface area contributed by atoms with Gasteiger partial charge in [-0.25, -0.2) is 0 Å². The number of aryl methyl sites for hydroxylation is 1. The van der Waals surface area contributed by atoms with Gasteiger partial charge >= 0.3 is 0 Å². The summed E-state index contributed by atoms with van der Waals surface area (Å²) in [7, 11) is 1.74. The molecule has 2 rings (SSSR count). The SMILES string of the molecule is Cc1ccc([C@H](C)CC(=O)N(C)[C@@H](C)[C@@H](O)c2ccccc2)o1. The third-order valence-corrected chi connectivity index (χ3v) is 4.33. The number of rotatable bonds is 6. The van der Waals surface area contributed by atoms with Crippen LogP contribution >= 0.6 is 0 Å². The molecule has 0 saturated heterocycles. The number of hydrogen-bond acceptors (Lipinski definition) is 3. The highest BCUT2D eigenvalue weighted by atomic mass is 16.3. The average molecular weight is 315 g/mol. The molecule has 1 aromatic heterocycles. The van der Waals surface area contributed by atoms with E-state index in [1.165, 1.54) is 0 Å². The molecular formula is C19H25NO3. The maximum Gasteiger partial charge on any atom is 0.223 e. The van der Waals surface area contributed by atoms with Crippen LogP contribution in [-0.4, -0.2) is 29.0 Å². The number of furan rings is 1. The molecule has 3 atom stereocenters. The summed E-state index contributed by atoms with van der Waals surface area (Å²) >= 11 is 0. The van der Waals surface area contributed by atoms with Gasteiger partial charge in [0.25, 0.3) is 0 Å². The molecule has 4 nitrogen and oxygen atoms in total. The molecule has 1 aromatic carbocycles. The average Bonchev–Trinajstić information content (AvgIpc) is 3.00. The van der Waals surface area contributed by atoms with Crippen LogP contribution in [0.5, 0.6) is 0 Å². The molecule has 0 spiro atoms. The van der Waals surface area contributed by atoms with Crippen LogP contribution in [-0.2, 0) is 4.79 Å². The molecule has 124 valence electrons. The maximum absolute atomic E-state index is 12.5. The Labute approximate surface area is 137 Å². The van der Waals surface area contributed by atoms with Crippen molar-refractivity contribution >= 4 is 5.91 Å². The number of carbonyl (C=O) groups excluding carboxylic acids is 1. The second kappa shape index (κ2) is 7.47. The van der Waals surface area contributed by atoms with Crippen LogP contribution in [0.3, 0.4) is 0 Å². The van der Waals surface area contributed by atoms with Crippen molar-refractivity contribution < 1.29 is 14.3 Å². The Morgan fingerprint density at radius 1 is 1.17 bits per heavy atom. The minimum atomic E-state index is -0.702. The number of benzene rings is 1. The van der Waals surface area contributed by atoms with Crippen molar-refractivity contribution in [2.75, 3.05) is 7.05 Å². The summed E-state index contributed by atoms with van der Waals surface area (Å²) < 4.78 is 5.58. The van der Waals surface area contributed by atoms with Gasteiger partial charge in [-0.15, -0.1) is 0 Å². The Morgan fingerprint density at radius 3 is 2.39 bits per heavy atom. The lowest BCUT2D eigenvalue weighted by Gasteiger charge is -2.30. The second-order valence-corrected chi connectivity index (χ2v) is 6.15. The molecule has 0 saturated carbocycles. The van der Waals surface area contributed by atoms with Gasteiger partial charge in [-0.2, -0.15) is 0 Å². The normalized spacial score (nSPS) is 15.0. The van der Waals surface area contributed by atoms with E-state index in [1.807, 2.05) is 63.2 Å². The van der Waals surface area contributed by atoms with Crippen molar-refractivity contribution in [1.29, 1.82) is 0 Å². The summed E-state index contributed by atoms with van der Waals surface area (Å²) in [6.45, 7) is 5.72. The maximum atomic E-state index is 12.5. The van der Waals surface area contributed by atoms with E-state index >= 15 is 0 Å². The summed E-state index contributed by atoms with van der Waals surface area (Å²) in [6.07, 6.45) is -0.346. The molecule has 0 aliphatic carbocycles. The molecule has 1 N–H and O–H groups in total. The molecule has 1 heterocycles. The summed E-state index contributed by atoms with van der Waals surface area (Å²) in [6, 6.07) is 12.9. The van der Waals surface area contributed by atoms with Gasteiger partial charge in [-0.3, -0.25) is 4.79 Å². The fourth-order valence-corrected chi connectivity index (χ4v) is 2.59. The third kappa shape index (κ3) is 4.23. The molecule has 1 amide bonds. The van der Waals surface area contributed by atoms with Crippen LogP contribution in [0.15, 0.2) is 46.9 Å². The van der Waals surface area contributed by atoms with Crippen molar-refractivity contribution in [3.8, 4) is 0 Å². The van der Waals surface area contributed by atoms with E-state index in [0.29, 0.717) is 6.42 Å². The first-order valence-electron chi connectivity index (χ1n) is 7.95. The topological polar surface area (TPSA) is 53.7 Å². The molecule has 2 aromatic rings. The number of aliphatic hydroxyl groups excluding tert-OH is 1. The minimum absolute atomic E-state index is 0.00552. The molecule has 0 fully saturated rings. The number of nitrogens with zero attached hydrogens (tertiary/aromatic N) is 1. The lowest BCUT2D eigenvalue weighted by molar-refractivity contribution is -0.134. The van der Waals surface area contributed by atoms with E-state index in [0.717, 1.165) is 17.1 Å². The Kier molecular flexibility index (Phi) is 5.61. The van der Waals surface area contributed by atoms with Crippen LogP contribution in [0.1, 0.15) is 49.4 Å². The quantitative estimate of drug-likeness (QED) is 0.885. The van der Waals surface area contributed by atoms with Gasteiger partial charge in [0.15, 0.2) is 0 Å². The van der Waals surface area contributed by atoms with Gasteiger partial charge in [-0.05, 0) is 31.5 Å². The van der Waals surface area contributed by atoms with Gasteiger partial charge in [0, 0.05) is 19.4 Å². The summed E-state index contributed by atoms with van der Waals surface area (Å²) in [5.41, 5.74) is 0.814.